The molecule has 2 heteroatoms. The van der Waals surface area contributed by atoms with Gasteiger partial charge < -0.3 is 5.11 Å². The van der Waals surface area contributed by atoms with Crippen LogP contribution in [0.25, 0.3) is 0 Å². The van der Waals surface area contributed by atoms with E-state index in [4.69, 9.17) is 16.7 Å². The second kappa shape index (κ2) is 6.25. The van der Waals surface area contributed by atoms with Crippen LogP contribution in [-0.2, 0) is 0 Å². The van der Waals surface area contributed by atoms with E-state index in [2.05, 4.69) is 0 Å². The molecule has 0 rings (SSSR count). The SMILES string of the molecule is OCCC[CH]CCl. The van der Waals surface area contributed by atoms with Crippen LogP contribution in [0, 0.1) is 6.42 Å². The Labute approximate surface area is 49.3 Å². The largest absolute Gasteiger partial charge is 0.396 e. The first-order chi connectivity index (χ1) is 3.41. The summed E-state index contributed by atoms with van der Waals surface area (Å²) in [5, 5.41) is 8.23. The summed E-state index contributed by atoms with van der Waals surface area (Å²) in [5.41, 5.74) is 0. The maximum atomic E-state index is 8.23. The molecule has 1 nitrogen and oxygen atoms in total. The fourth-order valence-corrected chi connectivity index (χ4v) is 0.467. The van der Waals surface area contributed by atoms with Crippen LogP contribution < -0.4 is 0 Å². The van der Waals surface area contributed by atoms with Gasteiger partial charge in [0, 0.05) is 12.5 Å². The van der Waals surface area contributed by atoms with Gasteiger partial charge in [-0.1, -0.05) is 0 Å². The van der Waals surface area contributed by atoms with E-state index < -0.39 is 0 Å². The minimum Gasteiger partial charge on any atom is -0.396 e. The van der Waals surface area contributed by atoms with Crippen molar-refractivity contribution in [1.29, 1.82) is 0 Å². The number of halogens is 1. The van der Waals surface area contributed by atoms with Crippen molar-refractivity contribution < 1.29 is 5.11 Å². The Kier molecular flexibility index (Phi) is 6.47. The lowest BCUT2D eigenvalue weighted by atomic mass is 10.3. The molecule has 0 spiro atoms. The van der Waals surface area contributed by atoms with Gasteiger partial charge in [-0.3, -0.25) is 0 Å². The Hall–Kier alpha value is 0.250. The molecule has 0 aliphatic carbocycles. The van der Waals surface area contributed by atoms with E-state index in [0.717, 1.165) is 12.8 Å². The van der Waals surface area contributed by atoms with Crippen LogP contribution in [-0.4, -0.2) is 17.6 Å². The molecule has 0 aliphatic heterocycles. The monoisotopic (exact) mass is 121 g/mol. The topological polar surface area (TPSA) is 20.2 Å². The molecule has 0 unspecified atom stereocenters. The fourth-order valence-electron chi connectivity index (χ4n) is 0.313. The zero-order chi connectivity index (χ0) is 5.54. The van der Waals surface area contributed by atoms with E-state index in [9.17, 15) is 0 Å². The molecule has 0 fully saturated rings. The van der Waals surface area contributed by atoms with Crippen molar-refractivity contribution in [3.8, 4) is 0 Å². The van der Waals surface area contributed by atoms with Gasteiger partial charge in [-0.05, 0) is 19.3 Å². The third kappa shape index (κ3) is 6.25. The average Bonchev–Trinajstić information content (AvgIpc) is 1.69. The van der Waals surface area contributed by atoms with Crippen LogP contribution in [0.3, 0.4) is 0 Å². The number of unbranched alkanes of at least 4 members (excludes halogenated alkanes) is 2. The van der Waals surface area contributed by atoms with Crippen molar-refractivity contribution >= 4 is 11.6 Å². The van der Waals surface area contributed by atoms with Gasteiger partial charge in [0.2, 0.25) is 0 Å². The van der Waals surface area contributed by atoms with Gasteiger partial charge in [-0.2, -0.15) is 0 Å². The lowest BCUT2D eigenvalue weighted by Crippen LogP contribution is -1.83. The first-order valence-corrected chi connectivity index (χ1v) is 2.93. The molecule has 1 radical (unpaired) electrons. The Morgan fingerprint density at radius 3 is 2.71 bits per heavy atom. The third-order valence-corrected chi connectivity index (χ3v) is 0.894. The Morgan fingerprint density at radius 1 is 1.57 bits per heavy atom. The van der Waals surface area contributed by atoms with E-state index in [1.165, 1.54) is 0 Å². The summed E-state index contributed by atoms with van der Waals surface area (Å²) in [6.45, 7) is 0.271. The number of alkyl halides is 1. The van der Waals surface area contributed by atoms with Crippen molar-refractivity contribution in [3.05, 3.63) is 6.42 Å². The van der Waals surface area contributed by atoms with Gasteiger partial charge in [0.15, 0.2) is 0 Å². The van der Waals surface area contributed by atoms with Crippen molar-refractivity contribution in [2.24, 2.45) is 0 Å². The van der Waals surface area contributed by atoms with Crippen LogP contribution in [0.5, 0.6) is 0 Å². The molecule has 0 saturated heterocycles. The fraction of sp³-hybridized carbons (Fsp3) is 0.800. The lowest BCUT2D eigenvalue weighted by Gasteiger charge is -1.88. The predicted molar refractivity (Wildman–Crippen MR) is 31.3 cm³/mol. The summed E-state index contributed by atoms with van der Waals surface area (Å²) >= 11 is 5.30. The molecule has 0 atom stereocenters. The van der Waals surface area contributed by atoms with Gasteiger partial charge in [0.05, 0.1) is 0 Å². The van der Waals surface area contributed by atoms with Crippen molar-refractivity contribution in [3.63, 3.8) is 0 Å². The molecule has 1 N–H and O–H groups in total. The molecule has 0 aromatic heterocycles. The van der Waals surface area contributed by atoms with Crippen LogP contribution in [0.4, 0.5) is 0 Å². The quantitative estimate of drug-likeness (QED) is 0.438. The standard InChI is InChI=1S/C5H10ClO/c6-4-2-1-3-5-7/h2,7H,1,3-5H2. The first kappa shape index (κ1) is 7.25. The lowest BCUT2D eigenvalue weighted by molar-refractivity contribution is 0.288. The number of aliphatic hydroxyl groups excluding tert-OH is 1. The molecule has 0 bridgehead atoms. The van der Waals surface area contributed by atoms with E-state index in [0.29, 0.717) is 5.88 Å². The highest BCUT2D eigenvalue weighted by molar-refractivity contribution is 6.18. The van der Waals surface area contributed by atoms with Crippen LogP contribution in [0.15, 0.2) is 0 Å². The van der Waals surface area contributed by atoms with E-state index in [1.54, 1.807) is 0 Å². The molecule has 0 saturated carbocycles. The molecule has 0 amide bonds. The number of aliphatic hydroxyl groups is 1. The molecular weight excluding hydrogens is 112 g/mol. The number of hydrogen-bond acceptors (Lipinski definition) is 1. The predicted octanol–water partition coefficient (Wildman–Crippen LogP) is 1.20. The van der Waals surface area contributed by atoms with Gasteiger partial charge in [-0.15, -0.1) is 11.6 Å². The maximum Gasteiger partial charge on any atom is 0.0431 e. The van der Waals surface area contributed by atoms with E-state index in [-0.39, 0.29) is 6.61 Å². The van der Waals surface area contributed by atoms with Crippen molar-refractivity contribution in [2.75, 3.05) is 12.5 Å². The molecule has 0 aliphatic rings. The maximum absolute atomic E-state index is 8.23. The highest BCUT2D eigenvalue weighted by Gasteiger charge is 1.82. The van der Waals surface area contributed by atoms with Gasteiger partial charge >= 0.3 is 0 Å². The molecule has 0 aromatic rings. The normalized spacial score (nSPS) is 9.43. The van der Waals surface area contributed by atoms with E-state index in [1.807, 2.05) is 6.42 Å². The second-order valence-corrected chi connectivity index (χ2v) is 1.62. The molecule has 7 heavy (non-hydrogen) atoms. The van der Waals surface area contributed by atoms with Crippen LogP contribution >= 0.6 is 11.6 Å². The van der Waals surface area contributed by atoms with Crippen LogP contribution in [0.1, 0.15) is 12.8 Å². The number of rotatable bonds is 4. The summed E-state index contributed by atoms with van der Waals surface area (Å²) < 4.78 is 0. The minimum atomic E-state index is 0.271. The highest BCUT2D eigenvalue weighted by Crippen LogP contribution is 1.92. The zero-order valence-electron chi connectivity index (χ0n) is 4.23. The highest BCUT2D eigenvalue weighted by atomic mass is 35.5. The van der Waals surface area contributed by atoms with Gasteiger partial charge in [-0.25, -0.2) is 0 Å². The van der Waals surface area contributed by atoms with Gasteiger partial charge in [0.1, 0.15) is 0 Å². The third-order valence-electron chi connectivity index (χ3n) is 0.675. The summed E-state index contributed by atoms with van der Waals surface area (Å²) in [6.07, 6.45) is 3.71. The first-order valence-electron chi connectivity index (χ1n) is 2.40. The van der Waals surface area contributed by atoms with E-state index >= 15 is 0 Å². The summed E-state index contributed by atoms with van der Waals surface area (Å²) in [4.78, 5) is 0. The summed E-state index contributed by atoms with van der Waals surface area (Å²) in [7, 11) is 0. The van der Waals surface area contributed by atoms with Crippen molar-refractivity contribution in [1.82, 2.24) is 0 Å². The molecular formula is C5H10ClO. The molecule has 43 valence electrons. The summed E-state index contributed by atoms with van der Waals surface area (Å²) in [5.74, 6) is 0.597. The molecule has 0 aromatic carbocycles. The van der Waals surface area contributed by atoms with Gasteiger partial charge in [0.25, 0.3) is 0 Å². The van der Waals surface area contributed by atoms with Crippen LogP contribution in [0.2, 0.25) is 0 Å². The average molecular weight is 122 g/mol. The second-order valence-electron chi connectivity index (χ2n) is 1.31. The minimum absolute atomic E-state index is 0.271. The molecule has 0 heterocycles. The Bertz CT molecular complexity index is 27.3. The van der Waals surface area contributed by atoms with Crippen molar-refractivity contribution in [2.45, 2.75) is 12.8 Å². The number of hydrogen-bond donors (Lipinski definition) is 1. The Morgan fingerprint density at radius 2 is 2.29 bits per heavy atom. The zero-order valence-corrected chi connectivity index (χ0v) is 4.99. The smallest absolute Gasteiger partial charge is 0.0431 e. The summed E-state index contributed by atoms with van der Waals surface area (Å²) in [6, 6.07) is 0. The Balaban J connectivity index is 2.45.